The fourth-order valence-electron chi connectivity index (χ4n) is 3.57. The number of nitrogens with zero attached hydrogens (tertiary/aromatic N) is 1. The van der Waals surface area contributed by atoms with E-state index >= 15 is 0 Å². The minimum atomic E-state index is -0.759. The first-order valence-electron chi connectivity index (χ1n) is 11.7. The Bertz CT molecular complexity index is 1160. The molecule has 0 unspecified atom stereocenters. The van der Waals surface area contributed by atoms with E-state index in [1.54, 1.807) is 23.1 Å². The molecule has 0 saturated heterocycles. The Morgan fingerprint density at radius 2 is 1.69 bits per heavy atom. The predicted octanol–water partition coefficient (Wildman–Crippen LogP) is 6.39. The molecule has 36 heavy (non-hydrogen) atoms. The van der Waals surface area contributed by atoms with Crippen molar-refractivity contribution in [1.29, 1.82) is 0 Å². The van der Waals surface area contributed by atoms with Crippen LogP contribution in [0.25, 0.3) is 0 Å². The molecule has 0 aromatic heterocycles. The first kappa shape index (κ1) is 28.3. The van der Waals surface area contributed by atoms with Gasteiger partial charge in [0.1, 0.15) is 11.8 Å². The highest BCUT2D eigenvalue weighted by molar-refractivity contribution is 14.1. The lowest BCUT2D eigenvalue weighted by atomic mass is 10.0. The number of rotatable bonds is 11. The molecule has 5 nitrogen and oxygen atoms in total. The van der Waals surface area contributed by atoms with Gasteiger partial charge in [-0.1, -0.05) is 73.4 Å². The van der Waals surface area contributed by atoms with Crippen LogP contribution in [-0.4, -0.2) is 35.9 Å². The molecule has 0 fully saturated rings. The van der Waals surface area contributed by atoms with Crippen LogP contribution in [0.15, 0.2) is 72.8 Å². The molecule has 0 radical (unpaired) electrons. The van der Waals surface area contributed by atoms with Crippen molar-refractivity contribution in [3.05, 3.63) is 97.5 Å². The maximum atomic E-state index is 13.6. The molecular formula is C28H29Cl2IN2O3. The lowest BCUT2D eigenvalue weighted by Gasteiger charge is -2.32. The van der Waals surface area contributed by atoms with Crippen LogP contribution in [0.3, 0.4) is 0 Å². The van der Waals surface area contributed by atoms with Crippen molar-refractivity contribution < 1.29 is 14.3 Å². The summed E-state index contributed by atoms with van der Waals surface area (Å²) in [5.74, 6) is 0.308. The number of benzene rings is 3. The van der Waals surface area contributed by atoms with Crippen LogP contribution in [0.2, 0.25) is 10.0 Å². The SMILES string of the molecule is CC(C)CNC(=O)[C@@H](Cc1ccccc1)N(Cc1ccc(Cl)cc1Cl)C(=O)COc1ccc(I)cc1. The van der Waals surface area contributed by atoms with Crippen LogP contribution in [0.4, 0.5) is 0 Å². The molecule has 0 aliphatic carbocycles. The van der Waals surface area contributed by atoms with Gasteiger partial charge in [-0.2, -0.15) is 0 Å². The summed E-state index contributed by atoms with van der Waals surface area (Å²) in [6.07, 6.45) is 0.352. The van der Waals surface area contributed by atoms with Crippen molar-refractivity contribution in [3.63, 3.8) is 0 Å². The Kier molecular flexibility index (Phi) is 10.9. The fourth-order valence-corrected chi connectivity index (χ4v) is 4.40. The van der Waals surface area contributed by atoms with Gasteiger partial charge in [-0.3, -0.25) is 9.59 Å². The van der Waals surface area contributed by atoms with Gasteiger partial charge >= 0.3 is 0 Å². The van der Waals surface area contributed by atoms with Gasteiger partial charge in [-0.05, 0) is 76.0 Å². The summed E-state index contributed by atoms with van der Waals surface area (Å²) >= 11 is 14.8. The summed E-state index contributed by atoms with van der Waals surface area (Å²) in [6, 6.07) is 21.5. The van der Waals surface area contributed by atoms with Crippen molar-refractivity contribution in [2.24, 2.45) is 5.92 Å². The van der Waals surface area contributed by atoms with Gasteiger partial charge in [-0.15, -0.1) is 0 Å². The largest absolute Gasteiger partial charge is 0.484 e. The number of carbonyl (C=O) groups excluding carboxylic acids is 2. The third-order valence-electron chi connectivity index (χ3n) is 5.49. The molecule has 0 aliphatic rings. The van der Waals surface area contributed by atoms with Gasteiger partial charge in [0.2, 0.25) is 5.91 Å². The lowest BCUT2D eigenvalue weighted by Crippen LogP contribution is -2.52. The Morgan fingerprint density at radius 1 is 1.00 bits per heavy atom. The number of hydrogen-bond donors (Lipinski definition) is 1. The van der Waals surface area contributed by atoms with Crippen LogP contribution in [0.5, 0.6) is 5.75 Å². The van der Waals surface area contributed by atoms with E-state index in [0.29, 0.717) is 34.3 Å². The molecule has 0 bridgehead atoms. The Balaban J connectivity index is 1.92. The van der Waals surface area contributed by atoms with Crippen molar-refractivity contribution in [2.75, 3.05) is 13.2 Å². The van der Waals surface area contributed by atoms with Crippen molar-refractivity contribution in [2.45, 2.75) is 32.9 Å². The minimum absolute atomic E-state index is 0.136. The fraction of sp³-hybridized carbons (Fsp3) is 0.286. The zero-order chi connectivity index (χ0) is 26.1. The van der Waals surface area contributed by atoms with Crippen molar-refractivity contribution >= 4 is 57.6 Å². The van der Waals surface area contributed by atoms with Gasteiger partial charge in [-0.25, -0.2) is 0 Å². The molecule has 0 aliphatic heterocycles. The topological polar surface area (TPSA) is 58.6 Å². The summed E-state index contributed by atoms with van der Waals surface area (Å²) in [7, 11) is 0. The zero-order valence-corrected chi connectivity index (χ0v) is 23.9. The molecule has 1 N–H and O–H groups in total. The second-order valence-corrected chi connectivity index (χ2v) is 10.9. The number of nitrogens with one attached hydrogen (secondary N) is 1. The molecule has 3 rings (SSSR count). The molecule has 0 saturated carbocycles. The average molecular weight is 639 g/mol. The van der Waals surface area contributed by atoms with E-state index in [1.165, 1.54) is 0 Å². The quantitative estimate of drug-likeness (QED) is 0.248. The average Bonchev–Trinajstić information content (AvgIpc) is 2.86. The van der Waals surface area contributed by atoms with Crippen LogP contribution < -0.4 is 10.1 Å². The third-order valence-corrected chi connectivity index (χ3v) is 6.79. The monoisotopic (exact) mass is 638 g/mol. The zero-order valence-electron chi connectivity index (χ0n) is 20.2. The van der Waals surface area contributed by atoms with Gasteiger partial charge in [0.15, 0.2) is 6.61 Å². The number of ether oxygens (including phenoxy) is 1. The van der Waals surface area contributed by atoms with Crippen LogP contribution in [0.1, 0.15) is 25.0 Å². The van der Waals surface area contributed by atoms with Crippen LogP contribution in [0, 0.1) is 9.49 Å². The molecule has 190 valence electrons. The summed E-state index contributed by atoms with van der Waals surface area (Å²) < 4.78 is 6.85. The molecule has 1 atom stereocenters. The highest BCUT2D eigenvalue weighted by Crippen LogP contribution is 2.24. The molecule has 8 heteroatoms. The third kappa shape index (κ3) is 8.68. The molecule has 0 spiro atoms. The molecular weight excluding hydrogens is 610 g/mol. The maximum absolute atomic E-state index is 13.6. The summed E-state index contributed by atoms with van der Waals surface area (Å²) in [4.78, 5) is 28.6. The summed E-state index contributed by atoms with van der Waals surface area (Å²) in [6.45, 7) is 4.48. The minimum Gasteiger partial charge on any atom is -0.484 e. The van der Waals surface area contributed by atoms with E-state index in [-0.39, 0.29) is 30.9 Å². The molecule has 3 aromatic carbocycles. The first-order valence-corrected chi connectivity index (χ1v) is 13.5. The number of halogens is 3. The van der Waals surface area contributed by atoms with Crippen molar-refractivity contribution in [1.82, 2.24) is 10.2 Å². The molecule has 0 heterocycles. The smallest absolute Gasteiger partial charge is 0.261 e. The van der Waals surface area contributed by atoms with E-state index in [1.807, 2.05) is 68.4 Å². The second kappa shape index (κ2) is 13.9. The van der Waals surface area contributed by atoms with Crippen LogP contribution >= 0.6 is 45.8 Å². The van der Waals surface area contributed by atoms with Gasteiger partial charge in [0, 0.05) is 33.1 Å². The van der Waals surface area contributed by atoms with E-state index < -0.39 is 6.04 Å². The molecule has 3 aromatic rings. The summed E-state index contributed by atoms with van der Waals surface area (Å²) in [5, 5.41) is 3.93. The number of carbonyl (C=O) groups is 2. The Hall–Kier alpha value is -2.29. The highest BCUT2D eigenvalue weighted by Gasteiger charge is 2.31. The van der Waals surface area contributed by atoms with Gasteiger partial charge in [0.05, 0.1) is 0 Å². The second-order valence-electron chi connectivity index (χ2n) is 8.84. The molecule has 2 amide bonds. The van der Waals surface area contributed by atoms with E-state index in [2.05, 4.69) is 27.9 Å². The number of amides is 2. The highest BCUT2D eigenvalue weighted by atomic mass is 127. The van der Waals surface area contributed by atoms with E-state index in [4.69, 9.17) is 27.9 Å². The normalized spacial score (nSPS) is 11.7. The first-order chi connectivity index (χ1) is 17.2. The Labute approximate surface area is 236 Å². The lowest BCUT2D eigenvalue weighted by molar-refractivity contribution is -0.142. The standard InChI is InChI=1S/C28H29Cl2IN2O3/c1-19(2)16-32-28(35)26(14-20-6-4-3-5-7-20)33(17-21-8-9-22(29)15-25(21)30)27(34)18-36-24-12-10-23(31)11-13-24/h3-13,15,19,26H,14,16-18H2,1-2H3,(H,32,35)/t26-/m1/s1. The van der Waals surface area contributed by atoms with Gasteiger partial charge < -0.3 is 15.0 Å². The van der Waals surface area contributed by atoms with Crippen molar-refractivity contribution in [3.8, 4) is 5.75 Å². The maximum Gasteiger partial charge on any atom is 0.261 e. The van der Waals surface area contributed by atoms with Gasteiger partial charge in [0.25, 0.3) is 5.91 Å². The summed E-state index contributed by atoms with van der Waals surface area (Å²) in [5.41, 5.74) is 1.64. The number of hydrogen-bond acceptors (Lipinski definition) is 3. The van der Waals surface area contributed by atoms with E-state index in [0.717, 1.165) is 9.13 Å². The predicted molar refractivity (Wildman–Crippen MR) is 153 cm³/mol. The Morgan fingerprint density at radius 3 is 2.33 bits per heavy atom. The van der Waals surface area contributed by atoms with E-state index in [9.17, 15) is 9.59 Å². The van der Waals surface area contributed by atoms with Crippen LogP contribution in [-0.2, 0) is 22.6 Å².